The summed E-state index contributed by atoms with van der Waals surface area (Å²) in [6, 6.07) is 2.09. The zero-order chi connectivity index (χ0) is 8.69. The first kappa shape index (κ1) is 9.97. The van der Waals surface area contributed by atoms with Crippen LogP contribution < -0.4 is 0 Å². The Balaban J connectivity index is 3.49. The van der Waals surface area contributed by atoms with E-state index >= 15 is 0 Å². The van der Waals surface area contributed by atoms with Crippen molar-refractivity contribution in [2.75, 3.05) is 0 Å². The van der Waals surface area contributed by atoms with E-state index in [1.54, 1.807) is 0 Å². The second-order valence-corrected chi connectivity index (χ2v) is 2.91. The van der Waals surface area contributed by atoms with Crippen LogP contribution in [0.2, 0.25) is 0 Å². The van der Waals surface area contributed by atoms with Gasteiger partial charge in [0.2, 0.25) is 0 Å². The van der Waals surface area contributed by atoms with Crippen LogP contribution in [0.5, 0.6) is 0 Å². The number of rotatable bonds is 4. The summed E-state index contributed by atoms with van der Waals surface area (Å²) in [5.74, 6) is 0. The van der Waals surface area contributed by atoms with Crippen LogP contribution in [0.4, 0.5) is 0 Å². The lowest BCUT2D eigenvalue weighted by molar-refractivity contribution is 0.941. The summed E-state index contributed by atoms with van der Waals surface area (Å²) in [4.78, 5) is 0. The SMILES string of the molecule is C=C(CC#N)CCC=C(C)C. The number of nitriles is 1. The summed E-state index contributed by atoms with van der Waals surface area (Å²) in [7, 11) is 0. The highest BCUT2D eigenvalue weighted by atomic mass is 14.2. The Morgan fingerprint density at radius 3 is 2.64 bits per heavy atom. The molecule has 0 aromatic rings. The molecule has 0 aliphatic rings. The van der Waals surface area contributed by atoms with E-state index in [4.69, 9.17) is 5.26 Å². The molecule has 11 heavy (non-hydrogen) atoms. The molecule has 60 valence electrons. The number of nitrogens with zero attached hydrogens (tertiary/aromatic N) is 1. The van der Waals surface area contributed by atoms with Crippen LogP contribution in [-0.2, 0) is 0 Å². The lowest BCUT2D eigenvalue weighted by Crippen LogP contribution is -1.78. The molecule has 0 unspecified atom stereocenters. The van der Waals surface area contributed by atoms with Crippen LogP contribution in [0.15, 0.2) is 23.8 Å². The summed E-state index contributed by atoms with van der Waals surface area (Å²) in [5, 5.41) is 8.32. The minimum atomic E-state index is 0.497. The molecule has 0 aliphatic heterocycles. The molecule has 1 nitrogen and oxygen atoms in total. The van der Waals surface area contributed by atoms with Crippen LogP contribution >= 0.6 is 0 Å². The normalized spacial score (nSPS) is 8.45. The van der Waals surface area contributed by atoms with Crippen molar-refractivity contribution in [3.05, 3.63) is 23.8 Å². The van der Waals surface area contributed by atoms with Gasteiger partial charge in [-0.25, -0.2) is 0 Å². The molecule has 0 rings (SSSR count). The largest absolute Gasteiger partial charge is 0.198 e. The van der Waals surface area contributed by atoms with Gasteiger partial charge in [0.15, 0.2) is 0 Å². The van der Waals surface area contributed by atoms with Crippen molar-refractivity contribution in [1.82, 2.24) is 0 Å². The number of allylic oxidation sites excluding steroid dienone is 3. The van der Waals surface area contributed by atoms with Gasteiger partial charge in [0.1, 0.15) is 0 Å². The van der Waals surface area contributed by atoms with E-state index in [2.05, 4.69) is 32.6 Å². The molecule has 0 aromatic heterocycles. The fourth-order valence-corrected chi connectivity index (χ4v) is 0.765. The average molecular weight is 149 g/mol. The van der Waals surface area contributed by atoms with Crippen LogP contribution in [0.25, 0.3) is 0 Å². The van der Waals surface area contributed by atoms with Gasteiger partial charge < -0.3 is 0 Å². The topological polar surface area (TPSA) is 23.8 Å². The lowest BCUT2D eigenvalue weighted by Gasteiger charge is -1.96. The second kappa shape index (κ2) is 5.73. The van der Waals surface area contributed by atoms with Crippen molar-refractivity contribution in [2.24, 2.45) is 0 Å². The minimum Gasteiger partial charge on any atom is -0.198 e. The van der Waals surface area contributed by atoms with Crippen molar-refractivity contribution < 1.29 is 0 Å². The summed E-state index contributed by atoms with van der Waals surface area (Å²) < 4.78 is 0. The molecule has 0 aliphatic carbocycles. The number of hydrogen-bond acceptors (Lipinski definition) is 1. The van der Waals surface area contributed by atoms with Crippen molar-refractivity contribution >= 4 is 0 Å². The van der Waals surface area contributed by atoms with Gasteiger partial charge in [-0.2, -0.15) is 5.26 Å². The molecule has 0 saturated heterocycles. The molecular weight excluding hydrogens is 134 g/mol. The summed E-state index contributed by atoms with van der Waals surface area (Å²) in [6.45, 7) is 7.94. The Bertz CT molecular complexity index is 189. The zero-order valence-electron chi connectivity index (χ0n) is 7.35. The quantitative estimate of drug-likeness (QED) is 0.563. The first-order valence-corrected chi connectivity index (χ1v) is 3.83. The number of hydrogen-bond donors (Lipinski definition) is 0. The Morgan fingerprint density at radius 2 is 2.18 bits per heavy atom. The predicted molar refractivity (Wildman–Crippen MR) is 48.0 cm³/mol. The van der Waals surface area contributed by atoms with E-state index in [-0.39, 0.29) is 0 Å². The minimum absolute atomic E-state index is 0.497. The van der Waals surface area contributed by atoms with Crippen LogP contribution in [-0.4, -0.2) is 0 Å². The molecule has 1 heteroatoms. The van der Waals surface area contributed by atoms with Crippen molar-refractivity contribution in [2.45, 2.75) is 33.1 Å². The molecule has 0 amide bonds. The first-order chi connectivity index (χ1) is 5.16. The highest BCUT2D eigenvalue weighted by molar-refractivity contribution is 5.04. The summed E-state index contributed by atoms with van der Waals surface area (Å²) in [5.41, 5.74) is 2.36. The average Bonchev–Trinajstić information content (AvgIpc) is 1.87. The van der Waals surface area contributed by atoms with E-state index in [9.17, 15) is 0 Å². The van der Waals surface area contributed by atoms with E-state index in [0.717, 1.165) is 18.4 Å². The van der Waals surface area contributed by atoms with Gasteiger partial charge in [-0.15, -0.1) is 0 Å². The molecule has 0 N–H and O–H groups in total. The van der Waals surface area contributed by atoms with Gasteiger partial charge >= 0.3 is 0 Å². The predicted octanol–water partition coefficient (Wildman–Crippen LogP) is 3.20. The van der Waals surface area contributed by atoms with E-state index in [1.807, 2.05) is 0 Å². The molecule has 0 fully saturated rings. The summed E-state index contributed by atoms with van der Waals surface area (Å²) in [6.07, 6.45) is 4.63. The van der Waals surface area contributed by atoms with Crippen molar-refractivity contribution in [3.8, 4) is 6.07 Å². The molecule has 0 saturated carbocycles. The Hall–Kier alpha value is -1.03. The van der Waals surface area contributed by atoms with E-state index in [0.29, 0.717) is 6.42 Å². The molecular formula is C10H15N. The van der Waals surface area contributed by atoms with Crippen molar-refractivity contribution in [3.63, 3.8) is 0 Å². The van der Waals surface area contributed by atoms with Gasteiger partial charge in [0.05, 0.1) is 12.5 Å². The lowest BCUT2D eigenvalue weighted by atomic mass is 10.1. The smallest absolute Gasteiger partial charge is 0.0666 e. The fraction of sp³-hybridized carbons (Fsp3) is 0.500. The molecule has 0 heterocycles. The van der Waals surface area contributed by atoms with Crippen molar-refractivity contribution in [1.29, 1.82) is 5.26 Å². The van der Waals surface area contributed by atoms with E-state index < -0.39 is 0 Å². The fourth-order valence-electron chi connectivity index (χ4n) is 0.765. The van der Waals surface area contributed by atoms with Gasteiger partial charge in [-0.3, -0.25) is 0 Å². The second-order valence-electron chi connectivity index (χ2n) is 2.91. The zero-order valence-corrected chi connectivity index (χ0v) is 7.35. The van der Waals surface area contributed by atoms with Crippen LogP contribution in [0.3, 0.4) is 0 Å². The van der Waals surface area contributed by atoms with Gasteiger partial charge in [-0.1, -0.05) is 23.8 Å². The third kappa shape index (κ3) is 6.86. The Kier molecular flexibility index (Phi) is 5.20. The molecule has 0 spiro atoms. The third-order valence-corrected chi connectivity index (χ3v) is 1.38. The molecule has 0 bridgehead atoms. The van der Waals surface area contributed by atoms with Crippen LogP contribution in [0.1, 0.15) is 33.1 Å². The standard InChI is InChI=1S/C10H15N/c1-9(2)5-4-6-10(3)7-8-11/h5H,3-4,6-7H2,1-2H3. The Labute approximate surface area is 69.0 Å². The van der Waals surface area contributed by atoms with Crippen LogP contribution in [0, 0.1) is 11.3 Å². The van der Waals surface area contributed by atoms with Gasteiger partial charge in [-0.05, 0) is 26.7 Å². The monoisotopic (exact) mass is 149 g/mol. The molecule has 0 atom stereocenters. The van der Waals surface area contributed by atoms with E-state index in [1.165, 1.54) is 5.57 Å². The third-order valence-electron chi connectivity index (χ3n) is 1.38. The van der Waals surface area contributed by atoms with Gasteiger partial charge in [0.25, 0.3) is 0 Å². The van der Waals surface area contributed by atoms with Gasteiger partial charge in [0, 0.05) is 0 Å². The highest BCUT2D eigenvalue weighted by Crippen LogP contribution is 2.07. The maximum Gasteiger partial charge on any atom is 0.0666 e. The maximum atomic E-state index is 8.32. The summed E-state index contributed by atoms with van der Waals surface area (Å²) >= 11 is 0. The molecule has 0 aromatic carbocycles. The molecule has 0 radical (unpaired) electrons. The first-order valence-electron chi connectivity index (χ1n) is 3.83. The maximum absolute atomic E-state index is 8.32. The Morgan fingerprint density at radius 1 is 1.55 bits per heavy atom. The highest BCUT2D eigenvalue weighted by Gasteiger charge is 1.90.